The second kappa shape index (κ2) is 9.92. The van der Waals surface area contributed by atoms with E-state index in [0.717, 1.165) is 49.4 Å². The third-order valence-corrected chi connectivity index (χ3v) is 6.98. The molecule has 22 heavy (non-hydrogen) atoms. The van der Waals surface area contributed by atoms with Crippen LogP contribution in [-0.2, 0) is 20.4 Å². The van der Waals surface area contributed by atoms with Crippen molar-refractivity contribution in [1.29, 1.82) is 0 Å². The van der Waals surface area contributed by atoms with Crippen molar-refractivity contribution in [2.75, 3.05) is 0 Å². The van der Waals surface area contributed by atoms with Gasteiger partial charge in [0.05, 0.1) is 0 Å². The first kappa shape index (κ1) is 22.8. The van der Waals surface area contributed by atoms with E-state index < -0.39 is 20.4 Å². The molecule has 0 aliphatic heterocycles. The molecule has 0 aliphatic carbocycles. The summed E-state index contributed by atoms with van der Waals surface area (Å²) in [5.41, 5.74) is 0. The summed E-state index contributed by atoms with van der Waals surface area (Å²) in [6.07, 6.45) is 0.973. The maximum atomic E-state index is 12.1. The Morgan fingerprint density at radius 1 is 1.32 bits per heavy atom. The quantitative estimate of drug-likeness (QED) is 0.495. The van der Waals surface area contributed by atoms with E-state index in [1.807, 2.05) is 0 Å². The number of thiophene rings is 1. The van der Waals surface area contributed by atoms with E-state index in [-0.39, 0.29) is 6.04 Å². The minimum absolute atomic E-state index is 0.0394. The van der Waals surface area contributed by atoms with Crippen LogP contribution < -0.4 is 4.72 Å². The first-order valence-corrected chi connectivity index (χ1v) is 11.9. The molecule has 7 nitrogen and oxygen atoms in total. The zero-order valence-electron chi connectivity index (χ0n) is 12.4. The molecular formula is C10H17ClNNaO6S3. The largest absolute Gasteiger partial charge is 0.394 e. The third-order valence-electron chi connectivity index (χ3n) is 2.89. The van der Waals surface area contributed by atoms with Crippen molar-refractivity contribution in [1.82, 2.24) is 4.72 Å². The van der Waals surface area contributed by atoms with Crippen molar-refractivity contribution in [3.63, 3.8) is 0 Å². The summed E-state index contributed by atoms with van der Waals surface area (Å²) in [6, 6.07) is 3.20. The topological polar surface area (TPSA) is 121 Å². The van der Waals surface area contributed by atoms with Crippen LogP contribution in [0, 0.1) is 5.92 Å². The third kappa shape index (κ3) is 9.81. The van der Waals surface area contributed by atoms with Gasteiger partial charge < -0.3 is 0 Å². The molecule has 124 valence electrons. The number of sulfonamides is 1. The summed E-state index contributed by atoms with van der Waals surface area (Å²) in [7, 11) is -8.07. The van der Waals surface area contributed by atoms with Crippen LogP contribution in [-0.4, -0.2) is 59.9 Å². The van der Waals surface area contributed by atoms with Gasteiger partial charge in [0.2, 0.25) is 0 Å². The molecule has 1 rings (SSSR count). The van der Waals surface area contributed by atoms with Crippen molar-refractivity contribution < 1.29 is 25.9 Å². The first-order valence-electron chi connectivity index (χ1n) is 6.38. The van der Waals surface area contributed by atoms with Crippen LogP contribution in [0.2, 0.25) is 8.01 Å². The first-order chi connectivity index (χ1) is 9.90. The zero-order chi connectivity index (χ0) is 17.6. The van der Waals surface area contributed by atoms with Crippen LogP contribution in [0.15, 0.2) is 16.3 Å². The summed E-state index contributed by atoms with van der Waals surface area (Å²) >= 11 is 7.84. The van der Waals surface area contributed by atoms with Gasteiger partial charge in [-0.2, -0.15) is 8.42 Å². The molecule has 2 atom stereocenters. The van der Waals surface area contributed by atoms with Crippen molar-refractivity contribution in [2.45, 2.75) is 34.2 Å². The molecule has 0 aliphatic rings. The molecule has 12 heteroatoms. The number of rotatable bonds is 6. The van der Waals surface area contributed by atoms with E-state index in [1.54, 1.807) is 12.1 Å². The molecular weight excluding hydrogens is 385 g/mol. The fourth-order valence-corrected chi connectivity index (χ4v) is 5.82. The van der Waals surface area contributed by atoms with Crippen molar-refractivity contribution in [2.24, 2.45) is 5.92 Å². The van der Waals surface area contributed by atoms with Gasteiger partial charge in [0.1, 0.15) is 0 Å². The normalized spacial score (nSPS) is 14.9. The molecule has 0 saturated heterocycles. The van der Waals surface area contributed by atoms with Gasteiger partial charge in [-0.25, -0.2) is 0 Å². The summed E-state index contributed by atoms with van der Waals surface area (Å²) in [5, 5.41) is 0. The second-order valence-electron chi connectivity index (χ2n) is 4.53. The standard InChI is InChI=1S/C10H15ClNO2S2.Na.H2O4S/c1-4-7(2)8(3)12-16(13,14)10-6-5-9(11)15-10;;1-5(2,3)4/h5-8,12H,3-4H2,1-2H3;;(H2,1,2,3,4). The fraction of sp³-hybridized carbons (Fsp3) is 0.600. The van der Waals surface area contributed by atoms with Gasteiger partial charge in [0.15, 0.2) is 0 Å². The summed E-state index contributed by atoms with van der Waals surface area (Å²) in [5.74, 6) is 0.359. The number of halogens is 1. The van der Waals surface area contributed by atoms with Crippen LogP contribution >= 0.6 is 22.9 Å². The van der Waals surface area contributed by atoms with E-state index in [2.05, 4.69) is 18.6 Å². The predicted molar refractivity (Wildman–Crippen MR) is 87.6 cm³/mol. The Hall–Kier alpha value is 0.770. The van der Waals surface area contributed by atoms with Crippen LogP contribution in [0.4, 0.5) is 0 Å². The Balaban J connectivity index is 0.000000763. The van der Waals surface area contributed by atoms with Gasteiger partial charge in [-0.05, 0) is 0 Å². The molecule has 0 radical (unpaired) electrons. The maximum Gasteiger partial charge on any atom is 0.394 e. The smallest absolute Gasteiger partial charge is 0.264 e. The zero-order valence-corrected chi connectivity index (χ0v) is 17.6. The summed E-state index contributed by atoms with van der Waals surface area (Å²) < 4.78 is 60.3. The number of hydrogen-bond donors (Lipinski definition) is 3. The van der Waals surface area contributed by atoms with E-state index in [0.29, 0.717) is 14.5 Å². The predicted octanol–water partition coefficient (Wildman–Crippen LogP) is 2.03. The van der Waals surface area contributed by atoms with Gasteiger partial charge >= 0.3 is 141 Å². The minimum Gasteiger partial charge on any atom is -0.264 e. The Bertz CT molecular complexity index is 652. The second-order valence-corrected chi connectivity index (χ2v) is 9.90. The van der Waals surface area contributed by atoms with E-state index in [9.17, 15) is 8.42 Å². The van der Waals surface area contributed by atoms with E-state index >= 15 is 0 Å². The SMILES string of the molecule is CCC(C)C([CH2][Na])NS(=O)(=O)c1ccc(Cl)s1.O=S(=O)(O)O. The molecule has 2 unspecified atom stereocenters. The Kier molecular flexibility index (Phi) is 10.3. The van der Waals surface area contributed by atoms with E-state index in [1.165, 1.54) is 0 Å². The number of hydrogen-bond acceptors (Lipinski definition) is 5. The fourth-order valence-electron chi connectivity index (χ4n) is 1.59. The Labute approximate surface area is 157 Å². The van der Waals surface area contributed by atoms with Gasteiger partial charge in [-0.15, -0.1) is 0 Å². The molecule has 3 N–H and O–H groups in total. The van der Waals surface area contributed by atoms with Gasteiger partial charge in [0, 0.05) is 0 Å². The number of nitrogens with one attached hydrogen (secondary N) is 1. The van der Waals surface area contributed by atoms with Crippen LogP contribution in [0.3, 0.4) is 0 Å². The molecule has 1 aromatic rings. The Morgan fingerprint density at radius 2 is 1.82 bits per heavy atom. The van der Waals surface area contributed by atoms with Gasteiger partial charge in [-0.3, -0.25) is 9.11 Å². The Morgan fingerprint density at radius 3 is 2.14 bits per heavy atom. The minimum atomic E-state index is -4.67. The van der Waals surface area contributed by atoms with E-state index in [4.69, 9.17) is 29.1 Å². The summed E-state index contributed by atoms with van der Waals surface area (Å²) in [6.45, 7) is 4.15. The van der Waals surface area contributed by atoms with Crippen LogP contribution in [0.5, 0.6) is 0 Å². The maximum absolute atomic E-state index is 12.1. The van der Waals surface area contributed by atoms with Gasteiger partial charge in [-0.1, -0.05) is 0 Å². The van der Waals surface area contributed by atoms with Crippen molar-refractivity contribution >= 4 is 71.3 Å². The molecule has 0 fully saturated rings. The molecule has 0 bridgehead atoms. The molecule has 0 saturated carbocycles. The molecule has 0 amide bonds. The molecule has 0 spiro atoms. The van der Waals surface area contributed by atoms with Crippen LogP contribution in [0.1, 0.15) is 20.3 Å². The van der Waals surface area contributed by atoms with Crippen molar-refractivity contribution in [3.05, 3.63) is 16.5 Å². The molecule has 0 aromatic carbocycles. The monoisotopic (exact) mass is 401 g/mol. The van der Waals surface area contributed by atoms with Gasteiger partial charge in [0.25, 0.3) is 0 Å². The van der Waals surface area contributed by atoms with Crippen molar-refractivity contribution in [3.8, 4) is 0 Å². The average molecular weight is 402 g/mol. The summed E-state index contributed by atoms with van der Waals surface area (Å²) in [4.78, 5) is 0. The molecule has 1 aromatic heterocycles. The average Bonchev–Trinajstić information content (AvgIpc) is 2.80. The molecule has 1 heterocycles. The van der Waals surface area contributed by atoms with Crippen LogP contribution in [0.25, 0.3) is 0 Å².